The minimum absolute atomic E-state index is 0.0292. The van der Waals surface area contributed by atoms with Crippen molar-refractivity contribution in [3.8, 4) is 11.1 Å². The van der Waals surface area contributed by atoms with E-state index in [1.807, 2.05) is 51.3 Å². The van der Waals surface area contributed by atoms with Crippen molar-refractivity contribution in [2.45, 2.75) is 50.8 Å². The van der Waals surface area contributed by atoms with E-state index in [-0.39, 0.29) is 25.7 Å². The molecule has 0 heterocycles. The van der Waals surface area contributed by atoms with E-state index in [9.17, 15) is 14.7 Å². The molecule has 0 aromatic heterocycles. The van der Waals surface area contributed by atoms with Crippen molar-refractivity contribution < 1.29 is 24.2 Å². The molecule has 0 bridgehead atoms. The average Bonchev–Trinajstić information content (AvgIpc) is 3.14. The predicted molar refractivity (Wildman–Crippen MR) is 140 cm³/mol. The SMILES string of the molecule is CSCC[C@@H](NC[C@H](COC(C)(C)C)NC(=O)OCC1c2ccccc2-c2ccccc21)C(=O)O. The molecule has 1 aliphatic rings. The standard InChI is InChI=1S/C27H36N2O5S/c1-27(2,3)34-16-18(15-28-24(25(30)31)13-14-35-4)29-26(32)33-17-23-21-11-7-5-9-19(21)20-10-6-8-12-22(20)23/h5-12,18,23-24,28H,13-17H2,1-4H3,(H,29,32)(H,30,31)/t18-,24-/m1/s1. The van der Waals surface area contributed by atoms with Crippen molar-refractivity contribution in [1.82, 2.24) is 10.6 Å². The minimum Gasteiger partial charge on any atom is -0.480 e. The maximum atomic E-state index is 12.8. The van der Waals surface area contributed by atoms with E-state index < -0.39 is 29.7 Å². The molecule has 7 nitrogen and oxygen atoms in total. The molecule has 2 aromatic rings. The highest BCUT2D eigenvalue weighted by Gasteiger charge is 2.29. The number of carboxylic acids is 1. The van der Waals surface area contributed by atoms with Crippen molar-refractivity contribution in [2.24, 2.45) is 0 Å². The van der Waals surface area contributed by atoms with Crippen molar-refractivity contribution in [3.05, 3.63) is 59.7 Å². The third-order valence-electron chi connectivity index (χ3n) is 5.90. The van der Waals surface area contributed by atoms with E-state index >= 15 is 0 Å². The van der Waals surface area contributed by atoms with Crippen LogP contribution < -0.4 is 10.6 Å². The Balaban J connectivity index is 1.62. The zero-order valence-electron chi connectivity index (χ0n) is 20.9. The summed E-state index contributed by atoms with van der Waals surface area (Å²) in [5, 5.41) is 15.4. The molecule has 3 rings (SSSR count). The maximum absolute atomic E-state index is 12.8. The van der Waals surface area contributed by atoms with Gasteiger partial charge in [-0.1, -0.05) is 48.5 Å². The summed E-state index contributed by atoms with van der Waals surface area (Å²) >= 11 is 1.60. The van der Waals surface area contributed by atoms with Gasteiger partial charge < -0.3 is 25.2 Å². The van der Waals surface area contributed by atoms with Gasteiger partial charge in [0.25, 0.3) is 0 Å². The van der Waals surface area contributed by atoms with Gasteiger partial charge in [0.2, 0.25) is 0 Å². The first-order valence-electron chi connectivity index (χ1n) is 11.9. The number of carbonyl (C=O) groups excluding carboxylic acids is 1. The summed E-state index contributed by atoms with van der Waals surface area (Å²) in [7, 11) is 0. The number of amides is 1. The molecule has 0 spiro atoms. The van der Waals surface area contributed by atoms with Crippen LogP contribution in [0.4, 0.5) is 4.79 Å². The topological polar surface area (TPSA) is 96.9 Å². The van der Waals surface area contributed by atoms with Crippen LogP contribution in [-0.2, 0) is 14.3 Å². The molecule has 0 saturated carbocycles. The Morgan fingerprint density at radius 1 is 1.06 bits per heavy atom. The van der Waals surface area contributed by atoms with Crippen LogP contribution in [0.15, 0.2) is 48.5 Å². The Bertz CT molecular complexity index is 962. The summed E-state index contributed by atoms with van der Waals surface area (Å²) in [5.74, 6) is -0.207. The number of carbonyl (C=O) groups is 2. The maximum Gasteiger partial charge on any atom is 0.407 e. The van der Waals surface area contributed by atoms with Gasteiger partial charge in [-0.3, -0.25) is 4.79 Å². The van der Waals surface area contributed by atoms with E-state index in [2.05, 4.69) is 34.9 Å². The van der Waals surface area contributed by atoms with Gasteiger partial charge >= 0.3 is 12.1 Å². The lowest BCUT2D eigenvalue weighted by atomic mass is 9.98. The van der Waals surface area contributed by atoms with Gasteiger partial charge in [0.05, 0.1) is 18.2 Å². The van der Waals surface area contributed by atoms with E-state index in [1.165, 1.54) is 11.1 Å². The van der Waals surface area contributed by atoms with Gasteiger partial charge in [0.1, 0.15) is 12.6 Å². The number of nitrogens with one attached hydrogen (secondary N) is 2. The molecular formula is C27H36N2O5S. The van der Waals surface area contributed by atoms with Crippen LogP contribution in [0, 0.1) is 0 Å². The summed E-state index contributed by atoms with van der Waals surface area (Å²) < 4.78 is 11.5. The predicted octanol–water partition coefficient (Wildman–Crippen LogP) is 4.50. The molecule has 8 heteroatoms. The number of benzene rings is 2. The van der Waals surface area contributed by atoms with Crippen molar-refractivity contribution >= 4 is 23.8 Å². The molecule has 2 aromatic carbocycles. The van der Waals surface area contributed by atoms with Crippen molar-refractivity contribution in [2.75, 3.05) is 31.8 Å². The van der Waals surface area contributed by atoms with Gasteiger partial charge in [-0.05, 0) is 61.5 Å². The third-order valence-corrected chi connectivity index (χ3v) is 6.55. The molecule has 190 valence electrons. The summed E-state index contributed by atoms with van der Waals surface area (Å²) in [6.45, 7) is 6.50. The van der Waals surface area contributed by atoms with Gasteiger partial charge in [0, 0.05) is 12.5 Å². The van der Waals surface area contributed by atoms with Crippen LogP contribution in [0.3, 0.4) is 0 Å². The smallest absolute Gasteiger partial charge is 0.407 e. The second-order valence-corrected chi connectivity index (χ2v) is 10.7. The van der Waals surface area contributed by atoms with Gasteiger partial charge in [0.15, 0.2) is 0 Å². The van der Waals surface area contributed by atoms with Crippen LogP contribution in [0.25, 0.3) is 11.1 Å². The number of aliphatic carboxylic acids is 1. The fraction of sp³-hybridized carbons (Fsp3) is 0.481. The van der Waals surface area contributed by atoms with E-state index in [0.717, 1.165) is 16.9 Å². The molecule has 2 atom stereocenters. The monoisotopic (exact) mass is 500 g/mol. The molecule has 0 saturated heterocycles. The molecule has 35 heavy (non-hydrogen) atoms. The third kappa shape index (κ3) is 7.72. The van der Waals surface area contributed by atoms with Crippen LogP contribution in [0.1, 0.15) is 44.2 Å². The number of carboxylic acid groups (broad SMARTS) is 1. The fourth-order valence-electron chi connectivity index (χ4n) is 4.14. The Kier molecular flexibility index (Phi) is 9.60. The van der Waals surface area contributed by atoms with E-state index in [1.54, 1.807) is 11.8 Å². The zero-order chi connectivity index (χ0) is 25.4. The first-order chi connectivity index (χ1) is 16.7. The lowest BCUT2D eigenvalue weighted by Crippen LogP contribution is -2.50. The summed E-state index contributed by atoms with van der Waals surface area (Å²) in [6, 6.07) is 15.2. The van der Waals surface area contributed by atoms with E-state index in [4.69, 9.17) is 9.47 Å². The highest BCUT2D eigenvalue weighted by molar-refractivity contribution is 7.98. The molecule has 0 unspecified atom stereocenters. The first kappa shape index (κ1) is 27.0. The quantitative estimate of drug-likeness (QED) is 0.395. The Labute approximate surface area is 212 Å². The largest absolute Gasteiger partial charge is 0.480 e. The summed E-state index contributed by atoms with van der Waals surface area (Å²) in [5.41, 5.74) is 4.24. The average molecular weight is 501 g/mol. The highest BCUT2D eigenvalue weighted by atomic mass is 32.2. The number of hydrogen-bond acceptors (Lipinski definition) is 6. The van der Waals surface area contributed by atoms with Gasteiger partial charge in [-0.25, -0.2) is 4.79 Å². The van der Waals surface area contributed by atoms with Crippen LogP contribution >= 0.6 is 11.8 Å². The molecule has 0 radical (unpaired) electrons. The second-order valence-electron chi connectivity index (χ2n) is 9.67. The van der Waals surface area contributed by atoms with Gasteiger partial charge in [-0.15, -0.1) is 0 Å². The number of fused-ring (bicyclic) bond motifs is 3. The number of ether oxygens (including phenoxy) is 2. The normalized spacial score (nSPS) is 14.6. The molecular weight excluding hydrogens is 464 g/mol. The molecule has 1 aliphatic carbocycles. The lowest BCUT2D eigenvalue weighted by molar-refractivity contribution is -0.139. The van der Waals surface area contributed by atoms with Crippen LogP contribution in [0.5, 0.6) is 0 Å². The molecule has 0 fully saturated rings. The second kappa shape index (κ2) is 12.4. The first-order valence-corrected chi connectivity index (χ1v) is 13.3. The fourth-order valence-corrected chi connectivity index (χ4v) is 4.61. The Morgan fingerprint density at radius 3 is 2.20 bits per heavy atom. The van der Waals surface area contributed by atoms with Crippen LogP contribution in [0.2, 0.25) is 0 Å². The van der Waals surface area contributed by atoms with E-state index in [0.29, 0.717) is 6.42 Å². The summed E-state index contributed by atoms with van der Waals surface area (Å²) in [4.78, 5) is 24.4. The number of alkyl carbamates (subject to hydrolysis) is 1. The van der Waals surface area contributed by atoms with Crippen molar-refractivity contribution in [1.29, 1.82) is 0 Å². The lowest BCUT2D eigenvalue weighted by Gasteiger charge is -2.26. The van der Waals surface area contributed by atoms with Crippen LogP contribution in [-0.4, -0.2) is 66.6 Å². The summed E-state index contributed by atoms with van der Waals surface area (Å²) in [6.07, 6.45) is 1.89. The number of hydrogen-bond donors (Lipinski definition) is 3. The molecule has 3 N–H and O–H groups in total. The van der Waals surface area contributed by atoms with Crippen molar-refractivity contribution in [3.63, 3.8) is 0 Å². The minimum atomic E-state index is -0.907. The molecule has 0 aliphatic heterocycles. The highest BCUT2D eigenvalue weighted by Crippen LogP contribution is 2.44. The Hall–Kier alpha value is -2.55. The number of rotatable bonds is 12. The number of thioether (sulfide) groups is 1. The molecule has 1 amide bonds. The zero-order valence-corrected chi connectivity index (χ0v) is 21.7. The van der Waals surface area contributed by atoms with Gasteiger partial charge in [-0.2, -0.15) is 11.8 Å². The Morgan fingerprint density at radius 2 is 1.66 bits per heavy atom.